The molecule has 2 aromatic rings. The van der Waals surface area contributed by atoms with Crippen LogP contribution in [0.4, 0.5) is 11.6 Å². The third-order valence-electron chi connectivity index (χ3n) is 1.77. The molecular formula is C10H9ClN4. The Morgan fingerprint density at radius 3 is 2.67 bits per heavy atom. The lowest BCUT2D eigenvalue weighted by Gasteiger charge is -2.04. The quantitative estimate of drug-likeness (QED) is 0.791. The van der Waals surface area contributed by atoms with Gasteiger partial charge in [0.15, 0.2) is 0 Å². The van der Waals surface area contributed by atoms with Crippen LogP contribution < -0.4 is 5.32 Å². The molecule has 0 bridgehead atoms. The van der Waals surface area contributed by atoms with Gasteiger partial charge in [0.25, 0.3) is 0 Å². The number of hydrogen-bond acceptors (Lipinski definition) is 4. The van der Waals surface area contributed by atoms with Crippen molar-refractivity contribution in [1.29, 1.82) is 0 Å². The summed E-state index contributed by atoms with van der Waals surface area (Å²) >= 11 is 5.66. The molecule has 76 valence electrons. The van der Waals surface area contributed by atoms with Crippen LogP contribution >= 0.6 is 11.6 Å². The second kappa shape index (κ2) is 4.23. The summed E-state index contributed by atoms with van der Waals surface area (Å²) in [6.07, 6.45) is 1.59. The van der Waals surface area contributed by atoms with Crippen molar-refractivity contribution in [1.82, 2.24) is 15.0 Å². The van der Waals surface area contributed by atoms with Gasteiger partial charge >= 0.3 is 0 Å². The molecule has 0 unspecified atom stereocenters. The Labute approximate surface area is 92.4 Å². The van der Waals surface area contributed by atoms with Gasteiger partial charge in [-0.25, -0.2) is 15.0 Å². The maximum Gasteiger partial charge on any atom is 0.224 e. The molecule has 0 amide bonds. The first-order valence-corrected chi connectivity index (χ1v) is 4.81. The minimum absolute atomic E-state index is 0.215. The van der Waals surface area contributed by atoms with Crippen molar-refractivity contribution in [3.05, 3.63) is 41.4 Å². The first-order chi connectivity index (χ1) is 7.24. The first kappa shape index (κ1) is 9.86. The molecule has 0 spiro atoms. The van der Waals surface area contributed by atoms with Crippen LogP contribution in [0.2, 0.25) is 5.28 Å². The van der Waals surface area contributed by atoms with Gasteiger partial charge in [-0.05, 0) is 36.7 Å². The molecule has 15 heavy (non-hydrogen) atoms. The molecule has 0 fully saturated rings. The van der Waals surface area contributed by atoms with Gasteiger partial charge in [-0.3, -0.25) is 0 Å². The van der Waals surface area contributed by atoms with Gasteiger partial charge in [0, 0.05) is 11.9 Å². The number of aromatic nitrogens is 3. The average Bonchev–Trinajstić information content (AvgIpc) is 2.17. The van der Waals surface area contributed by atoms with E-state index in [1.807, 2.05) is 25.1 Å². The molecule has 0 saturated heterocycles. The summed E-state index contributed by atoms with van der Waals surface area (Å²) in [7, 11) is 0. The Morgan fingerprint density at radius 2 is 1.93 bits per heavy atom. The van der Waals surface area contributed by atoms with Crippen LogP contribution in [0.25, 0.3) is 0 Å². The topological polar surface area (TPSA) is 50.7 Å². The number of nitrogens with zero attached hydrogens (tertiary/aromatic N) is 3. The van der Waals surface area contributed by atoms with Crippen LogP contribution in [-0.2, 0) is 0 Å². The van der Waals surface area contributed by atoms with Crippen molar-refractivity contribution in [2.24, 2.45) is 0 Å². The van der Waals surface area contributed by atoms with Crippen LogP contribution in [-0.4, -0.2) is 15.0 Å². The second-order valence-corrected chi connectivity index (χ2v) is 3.34. The molecule has 2 rings (SSSR count). The van der Waals surface area contributed by atoms with Crippen molar-refractivity contribution in [3.63, 3.8) is 0 Å². The molecule has 0 radical (unpaired) electrons. The summed E-state index contributed by atoms with van der Waals surface area (Å²) in [6, 6.07) is 7.45. The van der Waals surface area contributed by atoms with E-state index in [1.54, 1.807) is 12.3 Å². The fraction of sp³-hybridized carbons (Fsp3) is 0.100. The number of anilines is 2. The SMILES string of the molecule is Cc1cccc(Nc2ccnc(Cl)n2)n1. The van der Waals surface area contributed by atoms with E-state index in [4.69, 9.17) is 11.6 Å². The number of rotatable bonds is 2. The Kier molecular flexibility index (Phi) is 2.78. The highest BCUT2D eigenvalue weighted by Crippen LogP contribution is 2.12. The van der Waals surface area contributed by atoms with Gasteiger partial charge in [0.1, 0.15) is 11.6 Å². The van der Waals surface area contributed by atoms with Gasteiger partial charge in [-0.2, -0.15) is 0 Å². The van der Waals surface area contributed by atoms with E-state index >= 15 is 0 Å². The number of pyridine rings is 1. The summed E-state index contributed by atoms with van der Waals surface area (Å²) in [5.41, 5.74) is 0.945. The maximum atomic E-state index is 5.66. The molecule has 0 aliphatic rings. The van der Waals surface area contributed by atoms with Gasteiger partial charge in [0.2, 0.25) is 5.28 Å². The van der Waals surface area contributed by atoms with Crippen molar-refractivity contribution in [3.8, 4) is 0 Å². The van der Waals surface area contributed by atoms with E-state index in [1.165, 1.54) is 0 Å². The highest BCUT2D eigenvalue weighted by molar-refractivity contribution is 6.28. The Balaban J connectivity index is 2.22. The number of hydrogen-bond donors (Lipinski definition) is 1. The molecule has 0 saturated carbocycles. The Hall–Kier alpha value is -1.68. The van der Waals surface area contributed by atoms with Crippen molar-refractivity contribution >= 4 is 23.2 Å². The van der Waals surface area contributed by atoms with Crippen molar-refractivity contribution < 1.29 is 0 Å². The predicted molar refractivity (Wildman–Crippen MR) is 59.3 cm³/mol. The van der Waals surface area contributed by atoms with E-state index in [0.29, 0.717) is 5.82 Å². The van der Waals surface area contributed by atoms with E-state index in [-0.39, 0.29) is 5.28 Å². The van der Waals surface area contributed by atoms with E-state index in [9.17, 15) is 0 Å². The molecule has 2 heterocycles. The lowest BCUT2D eigenvalue weighted by atomic mass is 10.4. The molecular weight excluding hydrogens is 212 g/mol. The molecule has 0 aromatic carbocycles. The van der Waals surface area contributed by atoms with Crippen LogP contribution in [0.5, 0.6) is 0 Å². The molecule has 0 atom stereocenters. The minimum atomic E-state index is 0.215. The van der Waals surface area contributed by atoms with E-state index in [2.05, 4.69) is 20.3 Å². The highest BCUT2D eigenvalue weighted by Gasteiger charge is 1.98. The summed E-state index contributed by atoms with van der Waals surface area (Å²) < 4.78 is 0. The summed E-state index contributed by atoms with van der Waals surface area (Å²) in [5, 5.41) is 3.25. The van der Waals surface area contributed by atoms with Crippen LogP contribution in [0.15, 0.2) is 30.5 Å². The Bertz CT molecular complexity index is 429. The van der Waals surface area contributed by atoms with Crippen LogP contribution in [0, 0.1) is 6.92 Å². The fourth-order valence-corrected chi connectivity index (χ4v) is 1.30. The van der Waals surface area contributed by atoms with Crippen LogP contribution in [0.1, 0.15) is 5.69 Å². The molecule has 2 aromatic heterocycles. The van der Waals surface area contributed by atoms with Crippen molar-refractivity contribution in [2.45, 2.75) is 6.92 Å². The third-order valence-corrected chi connectivity index (χ3v) is 1.95. The average molecular weight is 221 g/mol. The number of nitrogens with one attached hydrogen (secondary N) is 1. The Morgan fingerprint density at radius 1 is 1.13 bits per heavy atom. The molecule has 1 N–H and O–H groups in total. The largest absolute Gasteiger partial charge is 0.325 e. The zero-order chi connectivity index (χ0) is 10.7. The van der Waals surface area contributed by atoms with Gasteiger partial charge in [0.05, 0.1) is 0 Å². The first-order valence-electron chi connectivity index (χ1n) is 4.43. The molecule has 4 nitrogen and oxygen atoms in total. The van der Waals surface area contributed by atoms with Gasteiger partial charge in [-0.15, -0.1) is 0 Å². The zero-order valence-corrected chi connectivity index (χ0v) is 8.86. The molecule has 5 heteroatoms. The van der Waals surface area contributed by atoms with Crippen molar-refractivity contribution in [2.75, 3.05) is 5.32 Å². The predicted octanol–water partition coefficient (Wildman–Crippen LogP) is 2.58. The smallest absolute Gasteiger partial charge is 0.224 e. The normalized spacial score (nSPS) is 10.0. The molecule has 0 aliphatic heterocycles. The summed E-state index contributed by atoms with van der Waals surface area (Å²) in [4.78, 5) is 12.1. The zero-order valence-electron chi connectivity index (χ0n) is 8.11. The number of aryl methyl sites for hydroxylation is 1. The van der Waals surface area contributed by atoms with E-state index < -0.39 is 0 Å². The minimum Gasteiger partial charge on any atom is -0.325 e. The monoisotopic (exact) mass is 220 g/mol. The summed E-state index contributed by atoms with van der Waals surface area (Å²) in [5.74, 6) is 1.37. The standard InChI is InChI=1S/C10H9ClN4/c1-7-3-2-4-8(13-7)14-9-5-6-12-10(11)15-9/h2-6H,1H3,(H,12,13,14,15). The lowest BCUT2D eigenvalue weighted by Crippen LogP contribution is -1.97. The molecule has 0 aliphatic carbocycles. The van der Waals surface area contributed by atoms with Gasteiger partial charge in [-0.1, -0.05) is 6.07 Å². The third kappa shape index (κ3) is 2.63. The highest BCUT2D eigenvalue weighted by atomic mass is 35.5. The van der Waals surface area contributed by atoms with Gasteiger partial charge < -0.3 is 5.32 Å². The fourth-order valence-electron chi connectivity index (χ4n) is 1.15. The second-order valence-electron chi connectivity index (χ2n) is 3.00. The maximum absolute atomic E-state index is 5.66. The van der Waals surface area contributed by atoms with E-state index in [0.717, 1.165) is 11.5 Å². The summed E-state index contributed by atoms with van der Waals surface area (Å²) in [6.45, 7) is 1.93. The van der Waals surface area contributed by atoms with Crippen LogP contribution in [0.3, 0.4) is 0 Å². The number of halogens is 1. The lowest BCUT2D eigenvalue weighted by molar-refractivity contribution is 1.14.